The van der Waals surface area contributed by atoms with Crippen molar-refractivity contribution in [1.29, 1.82) is 5.41 Å². The molecule has 0 amide bonds. The van der Waals surface area contributed by atoms with Gasteiger partial charge in [0.05, 0.1) is 11.1 Å². The van der Waals surface area contributed by atoms with E-state index in [9.17, 15) is 44.3 Å². The predicted molar refractivity (Wildman–Crippen MR) is 108 cm³/mol. The van der Waals surface area contributed by atoms with Crippen molar-refractivity contribution in [3.8, 4) is 0 Å². The molecule has 1 aromatic rings. The van der Waals surface area contributed by atoms with Crippen LogP contribution in [0.2, 0.25) is 0 Å². The Hall–Kier alpha value is -3.26. The van der Waals surface area contributed by atoms with Crippen LogP contribution in [-0.4, -0.2) is 35.4 Å². The van der Waals surface area contributed by atoms with E-state index in [-0.39, 0.29) is 25.5 Å². The fourth-order valence-corrected chi connectivity index (χ4v) is 3.19. The van der Waals surface area contributed by atoms with Crippen LogP contribution in [0.15, 0.2) is 35.2 Å². The Morgan fingerprint density at radius 2 is 1.64 bits per heavy atom. The van der Waals surface area contributed by atoms with Gasteiger partial charge in [-0.15, -0.1) is 0 Å². The highest BCUT2D eigenvalue weighted by atomic mass is 19.4. The summed E-state index contributed by atoms with van der Waals surface area (Å²) in [5, 5.41) is 7.63. The van der Waals surface area contributed by atoms with Crippen molar-refractivity contribution in [3.05, 3.63) is 46.8 Å². The zero-order valence-corrected chi connectivity index (χ0v) is 18.7. The van der Waals surface area contributed by atoms with Gasteiger partial charge in [0.2, 0.25) is 5.88 Å². The van der Waals surface area contributed by atoms with Crippen LogP contribution in [-0.2, 0) is 26.6 Å². The highest BCUT2D eigenvalue weighted by molar-refractivity contribution is 6.00. The van der Waals surface area contributed by atoms with Crippen molar-refractivity contribution in [3.63, 3.8) is 0 Å². The van der Waals surface area contributed by atoms with Crippen LogP contribution in [0, 0.1) is 5.41 Å². The van der Waals surface area contributed by atoms with Crippen LogP contribution < -0.4 is 0 Å². The summed E-state index contributed by atoms with van der Waals surface area (Å²) < 4.78 is 131. The first kappa shape index (κ1) is 29.0. The van der Waals surface area contributed by atoms with Crippen LogP contribution in [0.4, 0.5) is 39.5 Å². The normalized spacial score (nSPS) is 16.9. The quantitative estimate of drug-likeness (QED) is 0.194. The molecule has 0 fully saturated rings. The summed E-state index contributed by atoms with van der Waals surface area (Å²) in [6.07, 6.45) is -18.5. The molecule has 0 aromatic heterocycles. The van der Waals surface area contributed by atoms with Gasteiger partial charge in [-0.2, -0.15) is 39.5 Å². The topological polar surface area (TPSA) is 75.0 Å². The number of hydrogen-bond acceptors (Lipinski definition) is 6. The highest BCUT2D eigenvalue weighted by Gasteiger charge is 2.44. The maximum absolute atomic E-state index is 13.7. The van der Waals surface area contributed by atoms with E-state index < -0.39 is 65.0 Å². The molecule has 15 heteroatoms. The second kappa shape index (κ2) is 10.8. The number of rotatable bonds is 6. The number of alkyl halides is 9. The molecule has 0 aliphatic carbocycles. The molecule has 0 bridgehead atoms. The Bertz CT molecular complexity index is 1040. The molecule has 0 saturated heterocycles. The van der Waals surface area contributed by atoms with Crippen molar-refractivity contribution >= 4 is 17.8 Å². The van der Waals surface area contributed by atoms with Crippen molar-refractivity contribution in [2.75, 3.05) is 6.54 Å². The minimum absolute atomic E-state index is 0.124. The van der Waals surface area contributed by atoms with E-state index in [4.69, 9.17) is 10.1 Å². The van der Waals surface area contributed by atoms with Gasteiger partial charge in [0, 0.05) is 24.6 Å². The van der Waals surface area contributed by atoms with Gasteiger partial charge in [-0.3, -0.25) is 9.79 Å². The number of allylic oxidation sites excluding steroid dienone is 1. The zero-order valence-electron chi connectivity index (χ0n) is 18.7. The molecule has 2 rings (SSSR count). The third-order valence-corrected chi connectivity index (χ3v) is 4.68. The van der Waals surface area contributed by atoms with Crippen LogP contribution >= 0.6 is 0 Å². The lowest BCUT2D eigenvalue weighted by Crippen LogP contribution is -2.38. The number of nitrogens with one attached hydrogen (secondary N) is 1. The van der Waals surface area contributed by atoms with Gasteiger partial charge in [0.25, 0.3) is 0 Å². The van der Waals surface area contributed by atoms with Gasteiger partial charge in [0.15, 0.2) is 6.17 Å². The fourth-order valence-electron chi connectivity index (χ4n) is 3.19. The van der Waals surface area contributed by atoms with Gasteiger partial charge in [-0.05, 0) is 25.0 Å². The maximum Gasteiger partial charge on any atom is 0.433 e. The van der Waals surface area contributed by atoms with E-state index in [1.807, 2.05) is 0 Å². The average Bonchev–Trinajstić information content (AvgIpc) is 2.72. The summed E-state index contributed by atoms with van der Waals surface area (Å²) in [5.41, 5.74) is -6.22. The molecule has 1 aliphatic heterocycles. The third kappa shape index (κ3) is 7.13. The Kier molecular flexibility index (Phi) is 8.68. The number of carbonyl (C=O) groups is 1. The number of nitrogens with zero attached hydrogens (tertiary/aromatic N) is 2. The van der Waals surface area contributed by atoms with Crippen LogP contribution in [0.25, 0.3) is 0 Å². The number of halogens is 9. The number of aliphatic imine (C=N–C) groups is 1. The molecule has 1 N–H and O–H groups in total. The van der Waals surface area contributed by atoms with E-state index in [2.05, 4.69) is 9.73 Å². The molecule has 1 aromatic carbocycles. The lowest BCUT2D eigenvalue weighted by Gasteiger charge is -2.36. The summed E-state index contributed by atoms with van der Waals surface area (Å²) in [4.78, 5) is 15.7. The van der Waals surface area contributed by atoms with E-state index in [1.54, 1.807) is 6.92 Å². The monoisotopic (exact) mass is 533 g/mol. The minimum atomic E-state index is -5.38. The molecule has 1 heterocycles. The lowest BCUT2D eigenvalue weighted by atomic mass is 9.99. The van der Waals surface area contributed by atoms with Gasteiger partial charge in [-0.25, -0.2) is 5.41 Å². The van der Waals surface area contributed by atoms with Crippen molar-refractivity contribution in [2.24, 2.45) is 4.99 Å². The molecule has 1 atom stereocenters. The summed E-state index contributed by atoms with van der Waals surface area (Å²) in [7, 11) is 0. The Morgan fingerprint density at radius 3 is 2.14 bits per heavy atom. The molecular formula is C21H20F9N3O3. The fraction of sp³-hybridized carbons (Fsp3) is 0.476. The van der Waals surface area contributed by atoms with Gasteiger partial charge < -0.3 is 14.4 Å². The molecule has 36 heavy (non-hydrogen) atoms. The number of esters is 1. The standard InChI is InChI=1S/C21H20F9N3O3/c1-3-5-16(34)36-18(31)35-15-10-14(21(28,29)30)32-17(33(15)8-4-2)12-7-6-11(19(22,23)24)9-13(12)20(25,26)27/h6-7,9-10,17,31H,3-5,8H2,1-2H3. The molecule has 0 spiro atoms. The van der Waals surface area contributed by atoms with E-state index in [0.717, 1.165) is 4.90 Å². The average molecular weight is 533 g/mol. The van der Waals surface area contributed by atoms with Crippen LogP contribution in [0.5, 0.6) is 0 Å². The second-order valence-electron chi connectivity index (χ2n) is 7.47. The molecule has 0 radical (unpaired) electrons. The lowest BCUT2D eigenvalue weighted by molar-refractivity contribution is -0.144. The van der Waals surface area contributed by atoms with Crippen molar-refractivity contribution in [1.82, 2.24) is 4.90 Å². The molecular weight excluding hydrogens is 513 g/mol. The Balaban J connectivity index is 2.65. The number of benzene rings is 1. The minimum Gasteiger partial charge on any atom is -0.394 e. The van der Waals surface area contributed by atoms with E-state index in [0.29, 0.717) is 24.6 Å². The Morgan fingerprint density at radius 1 is 1.00 bits per heavy atom. The third-order valence-electron chi connectivity index (χ3n) is 4.68. The van der Waals surface area contributed by atoms with Crippen LogP contribution in [0.1, 0.15) is 56.0 Å². The van der Waals surface area contributed by atoms with E-state index in [1.165, 1.54) is 6.92 Å². The van der Waals surface area contributed by atoms with Gasteiger partial charge in [0.1, 0.15) is 5.71 Å². The zero-order chi connectivity index (χ0) is 27.5. The second-order valence-corrected chi connectivity index (χ2v) is 7.47. The van der Waals surface area contributed by atoms with Crippen LogP contribution in [0.3, 0.4) is 0 Å². The number of carbonyl (C=O) groups excluding carboxylic acids is 1. The largest absolute Gasteiger partial charge is 0.433 e. The summed E-state index contributed by atoms with van der Waals surface area (Å²) >= 11 is 0. The Labute approximate surface area is 198 Å². The first-order chi connectivity index (χ1) is 16.5. The van der Waals surface area contributed by atoms with Gasteiger partial charge >= 0.3 is 30.6 Å². The first-order valence-electron chi connectivity index (χ1n) is 10.4. The highest BCUT2D eigenvalue weighted by Crippen LogP contribution is 2.43. The smallest absolute Gasteiger partial charge is 0.394 e. The number of ether oxygens (including phenoxy) is 2. The summed E-state index contributed by atoms with van der Waals surface area (Å²) in [6, 6.07) is 0.479. The predicted octanol–water partition coefficient (Wildman–Crippen LogP) is 6.59. The SMILES string of the molecule is CCCC(=O)OC(=N)OC1=CC(C(F)(F)F)=NC(c2ccc(C(F)(F)F)cc2C(F)(F)F)N1CCC. The molecule has 200 valence electrons. The molecule has 6 nitrogen and oxygen atoms in total. The van der Waals surface area contributed by atoms with E-state index >= 15 is 0 Å². The van der Waals surface area contributed by atoms with Crippen molar-refractivity contribution < 1.29 is 53.8 Å². The first-order valence-corrected chi connectivity index (χ1v) is 10.4. The molecule has 0 saturated carbocycles. The van der Waals surface area contributed by atoms with Gasteiger partial charge in [-0.1, -0.05) is 19.9 Å². The molecule has 1 unspecified atom stereocenters. The summed E-state index contributed by atoms with van der Waals surface area (Å²) in [6.45, 7) is 2.85. The summed E-state index contributed by atoms with van der Waals surface area (Å²) in [5.74, 6) is -1.77. The number of hydrogen-bond donors (Lipinski definition) is 1. The van der Waals surface area contributed by atoms with Crippen molar-refractivity contribution in [2.45, 2.75) is 57.8 Å². The molecule has 1 aliphatic rings. The maximum atomic E-state index is 13.7.